The van der Waals surface area contributed by atoms with Crippen molar-refractivity contribution in [2.24, 2.45) is 0 Å². The van der Waals surface area contributed by atoms with E-state index in [0.717, 1.165) is 28.7 Å². The molecule has 3 rings (SSSR count). The minimum Gasteiger partial charge on any atom is -0.489 e. The van der Waals surface area contributed by atoms with Crippen LogP contribution in [0, 0.1) is 6.92 Å². The van der Waals surface area contributed by atoms with Gasteiger partial charge in [0, 0.05) is 12.1 Å². The molecular formula is C23H24N2O4S. The van der Waals surface area contributed by atoms with E-state index in [9.17, 15) is 13.2 Å². The van der Waals surface area contributed by atoms with Crippen LogP contribution in [-0.4, -0.2) is 20.6 Å². The third kappa shape index (κ3) is 6.35. The number of hydrogen-bond acceptors (Lipinski definition) is 4. The maximum Gasteiger partial charge on any atom is 0.251 e. The molecule has 3 aromatic rings. The number of para-hydroxylation sites is 1. The summed E-state index contributed by atoms with van der Waals surface area (Å²) in [5, 5.41) is 2.87. The summed E-state index contributed by atoms with van der Waals surface area (Å²) >= 11 is 0. The molecule has 2 N–H and O–H groups in total. The zero-order valence-corrected chi connectivity index (χ0v) is 17.7. The van der Waals surface area contributed by atoms with Gasteiger partial charge in [0.25, 0.3) is 5.91 Å². The first-order valence-corrected chi connectivity index (χ1v) is 11.3. The first kappa shape index (κ1) is 21.4. The molecule has 7 heteroatoms. The number of rotatable bonds is 8. The lowest BCUT2D eigenvalue weighted by atomic mass is 10.1. The number of amides is 1. The van der Waals surface area contributed by atoms with Crippen LogP contribution in [0.15, 0.2) is 72.8 Å². The molecule has 156 valence electrons. The summed E-state index contributed by atoms with van der Waals surface area (Å²) in [4.78, 5) is 12.5. The average Bonchev–Trinajstić information content (AvgIpc) is 2.72. The lowest BCUT2D eigenvalue weighted by Crippen LogP contribution is -2.23. The number of carbonyl (C=O) groups is 1. The van der Waals surface area contributed by atoms with Gasteiger partial charge < -0.3 is 10.1 Å². The zero-order valence-electron chi connectivity index (χ0n) is 16.9. The molecule has 6 nitrogen and oxygen atoms in total. The van der Waals surface area contributed by atoms with Crippen LogP contribution < -0.4 is 14.8 Å². The van der Waals surface area contributed by atoms with Crippen molar-refractivity contribution in [3.63, 3.8) is 0 Å². The molecule has 0 heterocycles. The standard InChI is InChI=1S/C23H24N2O4S/c1-17-11-12-20(14-22(17)25-30(2,27)28)23(26)24-15-18-7-6-8-19(13-18)16-29-21-9-4-3-5-10-21/h3-14,25H,15-16H2,1-2H3,(H,24,26). The summed E-state index contributed by atoms with van der Waals surface area (Å²) in [7, 11) is -3.42. The number of carbonyl (C=O) groups excluding carboxylic acids is 1. The Morgan fingerprint density at radius 2 is 1.67 bits per heavy atom. The van der Waals surface area contributed by atoms with Gasteiger partial charge in [0.15, 0.2) is 0 Å². The van der Waals surface area contributed by atoms with Gasteiger partial charge in [-0.3, -0.25) is 9.52 Å². The first-order valence-electron chi connectivity index (χ1n) is 9.42. The van der Waals surface area contributed by atoms with Gasteiger partial charge >= 0.3 is 0 Å². The van der Waals surface area contributed by atoms with Crippen molar-refractivity contribution in [3.05, 3.63) is 95.1 Å². The first-order chi connectivity index (χ1) is 14.3. The molecule has 0 atom stereocenters. The topological polar surface area (TPSA) is 84.5 Å². The molecule has 1 amide bonds. The fourth-order valence-corrected chi connectivity index (χ4v) is 3.49. The van der Waals surface area contributed by atoms with Gasteiger partial charge in [-0.05, 0) is 47.9 Å². The molecule has 0 aliphatic carbocycles. The van der Waals surface area contributed by atoms with Crippen molar-refractivity contribution < 1.29 is 17.9 Å². The number of aryl methyl sites for hydroxylation is 1. The van der Waals surface area contributed by atoms with E-state index >= 15 is 0 Å². The van der Waals surface area contributed by atoms with E-state index in [0.29, 0.717) is 24.4 Å². The van der Waals surface area contributed by atoms with Crippen LogP contribution in [0.3, 0.4) is 0 Å². The second kappa shape index (κ2) is 9.45. The summed E-state index contributed by atoms with van der Waals surface area (Å²) in [5.41, 5.74) is 3.46. The minimum atomic E-state index is -3.42. The Labute approximate surface area is 177 Å². The number of sulfonamides is 1. The molecule has 0 unspecified atom stereocenters. The predicted octanol–water partition coefficient (Wildman–Crippen LogP) is 3.88. The third-order valence-electron chi connectivity index (χ3n) is 4.39. The van der Waals surface area contributed by atoms with Gasteiger partial charge in [0.05, 0.1) is 11.9 Å². The zero-order chi connectivity index (χ0) is 21.6. The van der Waals surface area contributed by atoms with Crippen molar-refractivity contribution in [1.82, 2.24) is 5.32 Å². The summed E-state index contributed by atoms with van der Waals surface area (Å²) < 4.78 is 31.2. The highest BCUT2D eigenvalue weighted by Crippen LogP contribution is 2.18. The molecule has 0 aliphatic heterocycles. The van der Waals surface area contributed by atoms with Crippen molar-refractivity contribution in [1.29, 1.82) is 0 Å². The Hall–Kier alpha value is -3.32. The van der Waals surface area contributed by atoms with Crippen molar-refractivity contribution >= 4 is 21.6 Å². The van der Waals surface area contributed by atoms with E-state index in [1.165, 1.54) is 6.07 Å². The monoisotopic (exact) mass is 424 g/mol. The van der Waals surface area contributed by atoms with Crippen LogP contribution in [0.5, 0.6) is 5.75 Å². The second-order valence-corrected chi connectivity index (χ2v) is 8.76. The van der Waals surface area contributed by atoms with Crippen LogP contribution in [0.25, 0.3) is 0 Å². The molecule has 0 aromatic heterocycles. The fourth-order valence-electron chi connectivity index (χ4n) is 2.87. The van der Waals surface area contributed by atoms with Crippen LogP contribution in [0.2, 0.25) is 0 Å². The highest BCUT2D eigenvalue weighted by molar-refractivity contribution is 7.92. The van der Waals surface area contributed by atoms with E-state index in [1.807, 2.05) is 54.6 Å². The summed E-state index contributed by atoms with van der Waals surface area (Å²) in [6.45, 7) is 2.56. The van der Waals surface area contributed by atoms with E-state index < -0.39 is 10.0 Å². The Balaban J connectivity index is 1.61. The van der Waals surface area contributed by atoms with E-state index in [2.05, 4.69) is 10.0 Å². The van der Waals surface area contributed by atoms with Gasteiger partial charge in [-0.2, -0.15) is 0 Å². The number of nitrogens with one attached hydrogen (secondary N) is 2. The molecule has 0 saturated heterocycles. The van der Waals surface area contributed by atoms with Crippen molar-refractivity contribution in [2.45, 2.75) is 20.1 Å². The third-order valence-corrected chi connectivity index (χ3v) is 4.98. The van der Waals surface area contributed by atoms with Gasteiger partial charge in [-0.15, -0.1) is 0 Å². The largest absolute Gasteiger partial charge is 0.489 e. The Kier molecular flexibility index (Phi) is 6.74. The van der Waals surface area contributed by atoms with E-state index in [-0.39, 0.29) is 5.91 Å². The maximum absolute atomic E-state index is 12.5. The number of anilines is 1. The Morgan fingerprint density at radius 1 is 0.933 bits per heavy atom. The maximum atomic E-state index is 12.5. The van der Waals surface area contributed by atoms with E-state index in [1.54, 1.807) is 19.1 Å². The van der Waals surface area contributed by atoms with Crippen LogP contribution in [-0.2, 0) is 23.2 Å². The Morgan fingerprint density at radius 3 is 2.40 bits per heavy atom. The van der Waals surface area contributed by atoms with Crippen molar-refractivity contribution in [2.75, 3.05) is 11.0 Å². The molecule has 0 radical (unpaired) electrons. The van der Waals surface area contributed by atoms with Gasteiger partial charge in [-0.1, -0.05) is 48.5 Å². The normalized spacial score (nSPS) is 11.0. The van der Waals surface area contributed by atoms with Crippen LogP contribution in [0.4, 0.5) is 5.69 Å². The summed E-state index contributed by atoms with van der Waals surface area (Å²) in [6.07, 6.45) is 1.08. The average molecular weight is 425 g/mol. The van der Waals surface area contributed by atoms with Crippen LogP contribution >= 0.6 is 0 Å². The molecular weight excluding hydrogens is 400 g/mol. The highest BCUT2D eigenvalue weighted by atomic mass is 32.2. The van der Waals surface area contributed by atoms with Gasteiger partial charge in [0.1, 0.15) is 12.4 Å². The molecule has 0 fully saturated rings. The quantitative estimate of drug-likeness (QED) is 0.575. The molecule has 0 spiro atoms. The summed E-state index contributed by atoms with van der Waals surface area (Å²) in [5.74, 6) is 0.520. The minimum absolute atomic E-state index is 0.280. The number of benzene rings is 3. The fraction of sp³-hybridized carbons (Fsp3) is 0.174. The molecule has 3 aromatic carbocycles. The highest BCUT2D eigenvalue weighted by Gasteiger charge is 2.11. The Bertz CT molecular complexity index is 1130. The molecule has 0 saturated carbocycles. The summed E-state index contributed by atoms with van der Waals surface area (Å²) in [6, 6.07) is 22.3. The predicted molar refractivity (Wildman–Crippen MR) is 118 cm³/mol. The van der Waals surface area contributed by atoms with Crippen LogP contribution in [0.1, 0.15) is 27.0 Å². The molecule has 0 aliphatic rings. The lowest BCUT2D eigenvalue weighted by molar-refractivity contribution is 0.0951. The smallest absolute Gasteiger partial charge is 0.251 e. The second-order valence-electron chi connectivity index (χ2n) is 7.01. The number of ether oxygens (including phenoxy) is 1. The molecule has 0 bridgehead atoms. The SMILES string of the molecule is Cc1ccc(C(=O)NCc2cccc(COc3ccccc3)c2)cc1NS(C)(=O)=O. The number of hydrogen-bond donors (Lipinski definition) is 2. The lowest BCUT2D eigenvalue weighted by Gasteiger charge is -2.11. The molecule has 30 heavy (non-hydrogen) atoms. The van der Waals surface area contributed by atoms with Gasteiger partial charge in [-0.25, -0.2) is 8.42 Å². The van der Waals surface area contributed by atoms with Gasteiger partial charge in [0.2, 0.25) is 10.0 Å². The van der Waals surface area contributed by atoms with E-state index in [4.69, 9.17) is 4.74 Å². The van der Waals surface area contributed by atoms with Crippen molar-refractivity contribution in [3.8, 4) is 5.75 Å².